The van der Waals surface area contributed by atoms with Crippen molar-refractivity contribution in [3.05, 3.63) is 33.8 Å². The van der Waals surface area contributed by atoms with Gasteiger partial charge in [-0.05, 0) is 24.6 Å². The zero-order valence-electron chi connectivity index (χ0n) is 8.61. The minimum Gasteiger partial charge on any atom is -0.480 e. The summed E-state index contributed by atoms with van der Waals surface area (Å²) in [6, 6.07) is 5.32. The van der Waals surface area contributed by atoms with Crippen molar-refractivity contribution in [3.63, 3.8) is 0 Å². The molecule has 16 heavy (non-hydrogen) atoms. The molecule has 1 heterocycles. The second-order valence-corrected chi connectivity index (χ2v) is 5.48. The first-order chi connectivity index (χ1) is 7.58. The molecule has 1 unspecified atom stereocenters. The van der Waals surface area contributed by atoms with E-state index in [1.807, 2.05) is 25.1 Å². The monoisotopic (exact) mass is 299 g/mol. The second-order valence-electron chi connectivity index (χ2n) is 3.56. The smallest absolute Gasteiger partial charge is 0.329 e. The Balaban J connectivity index is 2.32. The van der Waals surface area contributed by atoms with Crippen molar-refractivity contribution in [3.8, 4) is 0 Å². The molecule has 1 aliphatic rings. The molecule has 1 aliphatic heterocycles. The van der Waals surface area contributed by atoms with Crippen molar-refractivity contribution in [1.82, 2.24) is 0 Å². The highest BCUT2D eigenvalue weighted by Crippen LogP contribution is 2.26. The van der Waals surface area contributed by atoms with Gasteiger partial charge in [-0.25, -0.2) is 4.79 Å². The topological polar surface area (TPSA) is 49.7 Å². The number of carbonyl (C=O) groups is 1. The van der Waals surface area contributed by atoms with Gasteiger partial charge in [-0.15, -0.1) is 11.8 Å². The van der Waals surface area contributed by atoms with Crippen molar-refractivity contribution >= 4 is 38.7 Å². The number of hydrogen-bond donors (Lipinski definition) is 1. The second kappa shape index (κ2) is 4.59. The van der Waals surface area contributed by atoms with Gasteiger partial charge in [-0.2, -0.15) is 0 Å². The molecule has 0 amide bonds. The first-order valence-electron chi connectivity index (χ1n) is 4.78. The molecular formula is C11H10BrNO2S. The molecular weight excluding hydrogens is 290 g/mol. The van der Waals surface area contributed by atoms with Gasteiger partial charge >= 0.3 is 5.97 Å². The van der Waals surface area contributed by atoms with E-state index in [4.69, 9.17) is 5.11 Å². The summed E-state index contributed by atoms with van der Waals surface area (Å²) < 4.78 is 1.02. The van der Waals surface area contributed by atoms with Crippen LogP contribution in [0, 0.1) is 6.92 Å². The van der Waals surface area contributed by atoms with E-state index in [1.165, 1.54) is 11.8 Å². The number of carboxylic acid groups (broad SMARTS) is 1. The van der Waals surface area contributed by atoms with Crippen molar-refractivity contribution in [2.24, 2.45) is 4.99 Å². The Morgan fingerprint density at radius 3 is 2.94 bits per heavy atom. The fourth-order valence-corrected chi connectivity index (χ4v) is 3.11. The number of halogens is 1. The van der Waals surface area contributed by atoms with Crippen LogP contribution in [0.3, 0.4) is 0 Å². The summed E-state index contributed by atoms with van der Waals surface area (Å²) in [6.45, 7) is 2.00. The summed E-state index contributed by atoms with van der Waals surface area (Å²) in [7, 11) is 0. The molecule has 0 fully saturated rings. The van der Waals surface area contributed by atoms with Crippen LogP contribution in [0.4, 0.5) is 0 Å². The Kier molecular flexibility index (Phi) is 3.35. The lowest BCUT2D eigenvalue weighted by Crippen LogP contribution is -2.17. The number of aliphatic imine (C=N–C) groups is 1. The van der Waals surface area contributed by atoms with Gasteiger partial charge in [0.25, 0.3) is 0 Å². The lowest BCUT2D eigenvalue weighted by molar-refractivity contribution is -0.137. The molecule has 0 aliphatic carbocycles. The molecule has 3 nitrogen and oxygen atoms in total. The largest absolute Gasteiger partial charge is 0.480 e. The predicted molar refractivity (Wildman–Crippen MR) is 69.3 cm³/mol. The van der Waals surface area contributed by atoms with Crippen LogP contribution >= 0.6 is 27.7 Å². The maximum atomic E-state index is 10.8. The van der Waals surface area contributed by atoms with Crippen molar-refractivity contribution < 1.29 is 9.90 Å². The number of carboxylic acids is 1. The highest BCUT2D eigenvalue weighted by molar-refractivity contribution is 9.10. The Hall–Kier alpha value is -0.810. The van der Waals surface area contributed by atoms with E-state index in [-0.39, 0.29) is 0 Å². The summed E-state index contributed by atoms with van der Waals surface area (Å²) in [6.07, 6.45) is 0. The van der Waals surface area contributed by atoms with Gasteiger partial charge in [0, 0.05) is 15.8 Å². The SMILES string of the molecule is Cc1cc(Br)ccc1C1=NC(C(=O)O)CS1. The first kappa shape index (κ1) is 11.7. The Bertz CT molecular complexity index is 473. The summed E-state index contributed by atoms with van der Waals surface area (Å²) >= 11 is 4.90. The molecule has 0 spiro atoms. The van der Waals surface area contributed by atoms with Gasteiger partial charge in [0.05, 0.1) is 5.04 Å². The normalized spacial score (nSPS) is 19.6. The molecule has 2 rings (SSSR count). The van der Waals surface area contributed by atoms with Crippen LogP contribution in [0.15, 0.2) is 27.7 Å². The molecule has 5 heteroatoms. The number of hydrogen-bond acceptors (Lipinski definition) is 3. The fourth-order valence-electron chi connectivity index (χ4n) is 1.51. The van der Waals surface area contributed by atoms with E-state index < -0.39 is 12.0 Å². The highest BCUT2D eigenvalue weighted by Gasteiger charge is 2.25. The molecule has 0 radical (unpaired) electrons. The van der Waals surface area contributed by atoms with Crippen molar-refractivity contribution in [1.29, 1.82) is 0 Å². The van der Waals surface area contributed by atoms with Crippen molar-refractivity contribution in [2.45, 2.75) is 13.0 Å². The van der Waals surface area contributed by atoms with E-state index in [9.17, 15) is 4.79 Å². The number of nitrogens with zero attached hydrogens (tertiary/aromatic N) is 1. The maximum absolute atomic E-state index is 10.8. The van der Waals surface area contributed by atoms with Gasteiger partial charge in [0.2, 0.25) is 0 Å². The zero-order valence-corrected chi connectivity index (χ0v) is 11.0. The lowest BCUT2D eigenvalue weighted by Gasteiger charge is -2.04. The Morgan fingerprint density at radius 1 is 1.62 bits per heavy atom. The van der Waals surface area contributed by atoms with Crippen LogP contribution in [0.25, 0.3) is 0 Å². The molecule has 1 N–H and O–H groups in total. The molecule has 1 atom stereocenters. The highest BCUT2D eigenvalue weighted by atomic mass is 79.9. The van der Waals surface area contributed by atoms with Crippen LogP contribution in [-0.2, 0) is 4.79 Å². The van der Waals surface area contributed by atoms with Gasteiger partial charge in [0.15, 0.2) is 6.04 Å². The molecule has 0 bridgehead atoms. The third-order valence-corrected chi connectivity index (χ3v) is 3.93. The molecule has 1 aromatic carbocycles. The quantitative estimate of drug-likeness (QED) is 0.913. The van der Waals surface area contributed by atoms with Gasteiger partial charge < -0.3 is 5.11 Å². The average molecular weight is 300 g/mol. The summed E-state index contributed by atoms with van der Waals surface area (Å²) in [5.41, 5.74) is 2.13. The van der Waals surface area contributed by atoms with E-state index >= 15 is 0 Å². The molecule has 1 aromatic rings. The van der Waals surface area contributed by atoms with E-state index in [0.29, 0.717) is 5.75 Å². The maximum Gasteiger partial charge on any atom is 0.329 e. The number of benzene rings is 1. The molecule has 0 saturated carbocycles. The van der Waals surface area contributed by atoms with E-state index in [2.05, 4.69) is 20.9 Å². The van der Waals surface area contributed by atoms with Crippen LogP contribution in [0.2, 0.25) is 0 Å². The van der Waals surface area contributed by atoms with E-state index in [0.717, 1.165) is 20.6 Å². The fraction of sp³-hybridized carbons (Fsp3) is 0.273. The first-order valence-corrected chi connectivity index (χ1v) is 6.55. The summed E-state index contributed by atoms with van der Waals surface area (Å²) in [5, 5.41) is 9.69. The van der Waals surface area contributed by atoms with Crippen molar-refractivity contribution in [2.75, 3.05) is 5.75 Å². The third-order valence-electron chi connectivity index (χ3n) is 2.35. The van der Waals surface area contributed by atoms with Gasteiger partial charge in [-0.1, -0.05) is 22.0 Å². The minimum absolute atomic E-state index is 0.528. The number of rotatable bonds is 2. The van der Waals surface area contributed by atoms with Crippen LogP contribution in [0.5, 0.6) is 0 Å². The zero-order chi connectivity index (χ0) is 11.7. The lowest BCUT2D eigenvalue weighted by atomic mass is 10.1. The Labute approximate surface area is 106 Å². The molecule has 84 valence electrons. The molecule has 0 saturated heterocycles. The number of aliphatic carboxylic acids is 1. The van der Waals surface area contributed by atoms with E-state index in [1.54, 1.807) is 0 Å². The van der Waals surface area contributed by atoms with Crippen LogP contribution in [0.1, 0.15) is 11.1 Å². The predicted octanol–water partition coefficient (Wildman–Crippen LogP) is 2.70. The average Bonchev–Trinajstić information content (AvgIpc) is 2.66. The number of thioether (sulfide) groups is 1. The standard InChI is InChI=1S/C11H10BrNO2S/c1-6-4-7(12)2-3-8(6)10-13-9(5-16-10)11(14)15/h2-4,9H,5H2,1H3,(H,14,15). The third kappa shape index (κ3) is 2.30. The minimum atomic E-state index is -0.850. The van der Waals surface area contributed by atoms with Crippen LogP contribution < -0.4 is 0 Å². The van der Waals surface area contributed by atoms with Crippen LogP contribution in [-0.4, -0.2) is 27.9 Å². The molecule has 0 aromatic heterocycles. The number of aryl methyl sites for hydroxylation is 1. The Morgan fingerprint density at radius 2 is 2.38 bits per heavy atom. The van der Waals surface area contributed by atoms with Gasteiger partial charge in [-0.3, -0.25) is 4.99 Å². The summed E-state index contributed by atoms with van der Waals surface area (Å²) in [4.78, 5) is 15.0. The van der Waals surface area contributed by atoms with Gasteiger partial charge in [0.1, 0.15) is 0 Å². The summed E-state index contributed by atoms with van der Waals surface area (Å²) in [5.74, 6) is -0.322.